The monoisotopic (exact) mass is 280 g/mol. The molecule has 0 spiro atoms. The van der Waals surface area contributed by atoms with Crippen LogP contribution in [-0.2, 0) is 0 Å². The van der Waals surface area contributed by atoms with Gasteiger partial charge >= 0.3 is 0 Å². The molecule has 2 aromatic rings. The van der Waals surface area contributed by atoms with Gasteiger partial charge in [0.05, 0.1) is 20.1 Å². The molecule has 0 aliphatic carbocycles. The van der Waals surface area contributed by atoms with E-state index >= 15 is 0 Å². The fraction of sp³-hybridized carbons (Fsp3) is 0.300. The van der Waals surface area contributed by atoms with Crippen LogP contribution in [0, 0.1) is 0 Å². The van der Waals surface area contributed by atoms with Crippen molar-refractivity contribution in [2.24, 2.45) is 0 Å². The molecule has 2 aromatic carbocycles. The summed E-state index contributed by atoms with van der Waals surface area (Å²) in [7, 11) is 2.34. The Hall–Kier alpha value is -1.86. The topological polar surface area (TPSA) is 0 Å². The largest absolute Gasteiger partial charge is 0.323 e. The number of rotatable bonds is 6. The third-order valence-electron chi connectivity index (χ3n) is 4.36. The van der Waals surface area contributed by atoms with Crippen molar-refractivity contribution >= 4 is 11.6 Å². The van der Waals surface area contributed by atoms with Crippen molar-refractivity contribution in [2.75, 3.05) is 26.7 Å². The highest BCUT2D eigenvalue weighted by atomic mass is 15.3. The van der Waals surface area contributed by atoms with E-state index in [9.17, 15) is 0 Å². The normalized spacial score (nSPS) is 12.4. The standard InChI is InChI=1S/C20H26N/c1-4-21(3,5-2)17-20(19-14-10-7-11-15-19)16-18-12-8-6-9-13-18/h6-16H,4-5,17H2,1-3H3/q+1. The van der Waals surface area contributed by atoms with Gasteiger partial charge < -0.3 is 4.48 Å². The molecule has 0 N–H and O–H groups in total. The molecular formula is C20H26N+. The predicted molar refractivity (Wildman–Crippen MR) is 92.9 cm³/mol. The molecule has 1 nitrogen and oxygen atoms in total. The maximum Gasteiger partial charge on any atom is 0.105 e. The maximum absolute atomic E-state index is 2.34. The second kappa shape index (κ2) is 7.24. The summed E-state index contributed by atoms with van der Waals surface area (Å²) in [6, 6.07) is 21.4. The lowest BCUT2D eigenvalue weighted by atomic mass is 10.0. The SMILES string of the molecule is CC[N+](C)(CC)CC(=Cc1ccccc1)c1ccccc1. The van der Waals surface area contributed by atoms with Crippen LogP contribution in [0.2, 0.25) is 0 Å². The van der Waals surface area contributed by atoms with E-state index in [1.165, 1.54) is 16.7 Å². The quantitative estimate of drug-likeness (QED) is 0.531. The molecule has 0 radical (unpaired) electrons. The van der Waals surface area contributed by atoms with Gasteiger partial charge in [-0.25, -0.2) is 0 Å². The van der Waals surface area contributed by atoms with Gasteiger partial charge in [0.2, 0.25) is 0 Å². The van der Waals surface area contributed by atoms with E-state index in [1.54, 1.807) is 0 Å². The van der Waals surface area contributed by atoms with Gasteiger partial charge in [0.25, 0.3) is 0 Å². The zero-order valence-electron chi connectivity index (χ0n) is 13.4. The molecular weight excluding hydrogens is 254 g/mol. The van der Waals surface area contributed by atoms with Gasteiger partial charge in [-0.1, -0.05) is 60.7 Å². The van der Waals surface area contributed by atoms with Gasteiger partial charge in [0.1, 0.15) is 6.54 Å². The Balaban J connectivity index is 2.38. The Bertz CT molecular complexity index is 565. The lowest BCUT2D eigenvalue weighted by molar-refractivity contribution is -0.898. The second-order valence-electron chi connectivity index (χ2n) is 5.86. The number of nitrogens with zero attached hydrogens (tertiary/aromatic N) is 1. The number of quaternary nitrogens is 1. The highest BCUT2D eigenvalue weighted by Crippen LogP contribution is 2.22. The average molecular weight is 280 g/mol. The highest BCUT2D eigenvalue weighted by molar-refractivity contribution is 5.81. The number of hydrogen-bond donors (Lipinski definition) is 0. The van der Waals surface area contributed by atoms with Gasteiger partial charge in [-0.15, -0.1) is 0 Å². The summed E-state index contributed by atoms with van der Waals surface area (Å²) in [5.41, 5.74) is 4.01. The first-order valence-electron chi connectivity index (χ1n) is 7.81. The first-order chi connectivity index (χ1) is 10.2. The molecule has 0 aliphatic rings. The summed E-state index contributed by atoms with van der Waals surface area (Å²) >= 11 is 0. The van der Waals surface area contributed by atoms with Crippen LogP contribution in [-0.4, -0.2) is 31.2 Å². The molecule has 21 heavy (non-hydrogen) atoms. The minimum Gasteiger partial charge on any atom is -0.323 e. The Kier molecular flexibility index (Phi) is 5.35. The molecule has 0 fully saturated rings. The Labute approximate surface area is 129 Å². The van der Waals surface area contributed by atoms with Gasteiger partial charge in [-0.05, 0) is 31.1 Å². The molecule has 0 saturated heterocycles. The van der Waals surface area contributed by atoms with E-state index in [2.05, 4.69) is 87.6 Å². The van der Waals surface area contributed by atoms with Crippen LogP contribution >= 0.6 is 0 Å². The van der Waals surface area contributed by atoms with E-state index in [4.69, 9.17) is 0 Å². The Morgan fingerprint density at radius 2 is 1.38 bits per heavy atom. The lowest BCUT2D eigenvalue weighted by Crippen LogP contribution is -2.44. The molecule has 1 heteroatoms. The summed E-state index contributed by atoms with van der Waals surface area (Å²) in [5, 5.41) is 0. The van der Waals surface area contributed by atoms with Crippen molar-refractivity contribution in [2.45, 2.75) is 13.8 Å². The minimum absolute atomic E-state index is 1.06. The molecule has 0 unspecified atom stereocenters. The second-order valence-corrected chi connectivity index (χ2v) is 5.86. The Morgan fingerprint density at radius 1 is 0.857 bits per heavy atom. The van der Waals surface area contributed by atoms with Gasteiger partial charge in [-0.3, -0.25) is 0 Å². The van der Waals surface area contributed by atoms with Crippen molar-refractivity contribution in [3.63, 3.8) is 0 Å². The van der Waals surface area contributed by atoms with Gasteiger partial charge in [0, 0.05) is 5.57 Å². The lowest BCUT2D eigenvalue weighted by Gasteiger charge is -2.33. The zero-order valence-corrected chi connectivity index (χ0v) is 13.4. The molecule has 0 heterocycles. The molecule has 0 aromatic heterocycles. The van der Waals surface area contributed by atoms with Gasteiger partial charge in [0.15, 0.2) is 0 Å². The summed E-state index contributed by atoms with van der Waals surface area (Å²) in [6.07, 6.45) is 2.33. The molecule has 0 atom stereocenters. The van der Waals surface area contributed by atoms with Crippen LogP contribution in [0.15, 0.2) is 60.7 Å². The first-order valence-corrected chi connectivity index (χ1v) is 7.81. The van der Waals surface area contributed by atoms with Crippen LogP contribution in [0.4, 0.5) is 0 Å². The molecule has 0 saturated carbocycles. The van der Waals surface area contributed by atoms with Crippen molar-refractivity contribution < 1.29 is 4.48 Å². The molecule has 110 valence electrons. The van der Waals surface area contributed by atoms with Crippen molar-refractivity contribution in [1.82, 2.24) is 0 Å². The summed E-state index contributed by atoms with van der Waals surface area (Å²) < 4.78 is 1.06. The summed E-state index contributed by atoms with van der Waals surface area (Å²) in [5.74, 6) is 0. The molecule has 2 rings (SSSR count). The van der Waals surface area contributed by atoms with E-state index in [0.29, 0.717) is 0 Å². The van der Waals surface area contributed by atoms with E-state index in [0.717, 1.165) is 24.1 Å². The third kappa shape index (κ3) is 4.30. The number of hydrogen-bond acceptors (Lipinski definition) is 0. The van der Waals surface area contributed by atoms with Crippen molar-refractivity contribution in [1.29, 1.82) is 0 Å². The predicted octanol–water partition coefficient (Wildman–Crippen LogP) is 4.71. The molecule has 0 aliphatic heterocycles. The van der Waals surface area contributed by atoms with Crippen molar-refractivity contribution in [3.05, 3.63) is 71.8 Å². The zero-order chi connectivity index (χ0) is 15.1. The summed E-state index contributed by atoms with van der Waals surface area (Å²) in [6.45, 7) is 7.90. The van der Waals surface area contributed by atoms with E-state index in [1.807, 2.05) is 0 Å². The van der Waals surface area contributed by atoms with E-state index in [-0.39, 0.29) is 0 Å². The highest BCUT2D eigenvalue weighted by Gasteiger charge is 2.19. The maximum atomic E-state index is 2.34. The van der Waals surface area contributed by atoms with Crippen LogP contribution in [0.1, 0.15) is 25.0 Å². The van der Waals surface area contributed by atoms with Crippen molar-refractivity contribution in [3.8, 4) is 0 Å². The van der Waals surface area contributed by atoms with Crippen LogP contribution in [0.25, 0.3) is 11.6 Å². The fourth-order valence-corrected chi connectivity index (χ4v) is 2.48. The van der Waals surface area contributed by atoms with E-state index < -0.39 is 0 Å². The Morgan fingerprint density at radius 3 is 1.90 bits per heavy atom. The average Bonchev–Trinajstić information content (AvgIpc) is 2.56. The molecule has 0 amide bonds. The summed E-state index contributed by atoms with van der Waals surface area (Å²) in [4.78, 5) is 0. The third-order valence-corrected chi connectivity index (χ3v) is 4.36. The smallest absolute Gasteiger partial charge is 0.105 e. The number of benzene rings is 2. The van der Waals surface area contributed by atoms with Crippen LogP contribution < -0.4 is 0 Å². The molecule has 0 bridgehead atoms. The number of likely N-dealkylation sites (N-methyl/N-ethyl adjacent to an activating group) is 1. The van der Waals surface area contributed by atoms with Gasteiger partial charge in [-0.2, -0.15) is 0 Å². The van der Waals surface area contributed by atoms with Crippen LogP contribution in [0.3, 0.4) is 0 Å². The van der Waals surface area contributed by atoms with Crippen LogP contribution in [0.5, 0.6) is 0 Å². The minimum atomic E-state index is 1.06. The fourth-order valence-electron chi connectivity index (χ4n) is 2.48. The first kappa shape index (κ1) is 15.5.